The lowest BCUT2D eigenvalue weighted by molar-refractivity contribution is 0.413. The molecule has 0 amide bonds. The van der Waals surface area contributed by atoms with Crippen LogP contribution in [0.3, 0.4) is 0 Å². The number of nitrogens with one attached hydrogen (secondary N) is 2. The Kier molecular flexibility index (Phi) is 6.97. The summed E-state index contributed by atoms with van der Waals surface area (Å²) in [7, 11) is 1.68. The van der Waals surface area contributed by atoms with Crippen LogP contribution in [-0.2, 0) is 0 Å². The molecular formula is C25H28FN5O. The molecule has 4 rings (SSSR count). The number of aromatic nitrogens is 2. The molecule has 166 valence electrons. The maximum atomic E-state index is 13.1. The molecule has 7 heteroatoms. The van der Waals surface area contributed by atoms with Crippen LogP contribution in [-0.4, -0.2) is 42.1 Å². The van der Waals surface area contributed by atoms with Gasteiger partial charge in [-0.15, -0.1) is 0 Å². The Morgan fingerprint density at radius 2 is 2.09 bits per heavy atom. The summed E-state index contributed by atoms with van der Waals surface area (Å²) in [6.07, 6.45) is 7.97. The Labute approximate surface area is 187 Å². The summed E-state index contributed by atoms with van der Waals surface area (Å²) in [6.45, 7) is 4.08. The second-order valence-electron chi connectivity index (χ2n) is 7.75. The van der Waals surface area contributed by atoms with Gasteiger partial charge in [-0.25, -0.2) is 9.37 Å². The van der Waals surface area contributed by atoms with E-state index in [2.05, 4.69) is 27.8 Å². The van der Waals surface area contributed by atoms with E-state index in [1.54, 1.807) is 25.6 Å². The van der Waals surface area contributed by atoms with Gasteiger partial charge in [0.2, 0.25) is 0 Å². The topological polar surface area (TPSA) is 63.5 Å². The van der Waals surface area contributed by atoms with Crippen LogP contribution in [0.15, 0.2) is 65.6 Å². The molecule has 1 aliphatic rings. The van der Waals surface area contributed by atoms with Crippen LogP contribution >= 0.6 is 0 Å². The third kappa shape index (κ3) is 5.42. The van der Waals surface area contributed by atoms with Gasteiger partial charge in [0.1, 0.15) is 18.2 Å². The SMILES string of the molecule is COc1cc(/C=C2\CCCNC\C2=N/CNc2ccc(F)cc2)ccc1-n1cnc(C)c1. The number of halogens is 1. The molecule has 1 fully saturated rings. The van der Waals surface area contributed by atoms with Crippen LogP contribution in [0.5, 0.6) is 5.75 Å². The van der Waals surface area contributed by atoms with Gasteiger partial charge < -0.3 is 19.9 Å². The Balaban J connectivity index is 1.55. The van der Waals surface area contributed by atoms with Gasteiger partial charge in [0.05, 0.1) is 30.5 Å². The van der Waals surface area contributed by atoms with Gasteiger partial charge in [0.15, 0.2) is 0 Å². The molecule has 1 aromatic heterocycles. The molecule has 6 nitrogen and oxygen atoms in total. The summed E-state index contributed by atoms with van der Waals surface area (Å²) >= 11 is 0. The zero-order valence-corrected chi connectivity index (χ0v) is 18.4. The number of aliphatic imine (C=N–C) groups is 1. The van der Waals surface area contributed by atoms with Gasteiger partial charge in [-0.1, -0.05) is 6.07 Å². The summed E-state index contributed by atoms with van der Waals surface area (Å²) in [5.41, 5.74) is 6.07. The third-order valence-electron chi connectivity index (χ3n) is 5.39. The quantitative estimate of drug-likeness (QED) is 0.596. The summed E-state index contributed by atoms with van der Waals surface area (Å²) in [4.78, 5) is 9.09. The van der Waals surface area contributed by atoms with E-state index in [1.165, 1.54) is 17.7 Å². The maximum Gasteiger partial charge on any atom is 0.143 e. The summed E-state index contributed by atoms with van der Waals surface area (Å²) < 4.78 is 20.7. The van der Waals surface area contributed by atoms with Crippen molar-refractivity contribution in [1.82, 2.24) is 14.9 Å². The van der Waals surface area contributed by atoms with Crippen molar-refractivity contribution >= 4 is 17.5 Å². The number of rotatable bonds is 6. The van der Waals surface area contributed by atoms with E-state index in [1.807, 2.05) is 29.8 Å². The molecule has 1 saturated heterocycles. The van der Waals surface area contributed by atoms with E-state index in [4.69, 9.17) is 9.73 Å². The second-order valence-corrected chi connectivity index (χ2v) is 7.75. The normalized spacial score (nSPS) is 16.8. The summed E-state index contributed by atoms with van der Waals surface area (Å²) in [6, 6.07) is 12.5. The molecule has 0 unspecified atom stereocenters. The fourth-order valence-corrected chi connectivity index (χ4v) is 3.73. The lowest BCUT2D eigenvalue weighted by atomic mass is 10.0. The van der Waals surface area contributed by atoms with Gasteiger partial charge >= 0.3 is 0 Å². The number of anilines is 1. The van der Waals surface area contributed by atoms with E-state index in [-0.39, 0.29) is 5.82 Å². The number of benzene rings is 2. The maximum absolute atomic E-state index is 13.1. The van der Waals surface area contributed by atoms with Gasteiger partial charge in [0.25, 0.3) is 0 Å². The molecule has 0 aliphatic carbocycles. The van der Waals surface area contributed by atoms with Gasteiger partial charge in [-0.05, 0) is 79.9 Å². The van der Waals surface area contributed by atoms with E-state index in [9.17, 15) is 4.39 Å². The minimum absolute atomic E-state index is 0.246. The first-order valence-electron chi connectivity index (χ1n) is 10.8. The highest BCUT2D eigenvalue weighted by Crippen LogP contribution is 2.26. The highest BCUT2D eigenvalue weighted by atomic mass is 19.1. The molecule has 2 aromatic carbocycles. The standard InChI is InChI=1S/C25H28FN5O/c1-18-15-31(17-30-18)24-10-5-19(13-25(24)32-2)12-20-4-3-11-27-14-23(20)29-16-28-22-8-6-21(26)7-9-22/h5-10,12-13,15,17,27-28H,3-4,11,14,16H2,1-2H3/b20-12+,29-23+. The lowest BCUT2D eigenvalue weighted by Gasteiger charge is -2.12. The average Bonchev–Trinajstić information content (AvgIpc) is 3.11. The summed E-state index contributed by atoms with van der Waals surface area (Å²) in [5, 5.41) is 6.67. The zero-order valence-electron chi connectivity index (χ0n) is 18.4. The minimum atomic E-state index is -0.246. The number of nitrogens with zero attached hydrogens (tertiary/aromatic N) is 3. The molecule has 0 radical (unpaired) electrons. The number of imidazole rings is 1. The smallest absolute Gasteiger partial charge is 0.143 e. The van der Waals surface area contributed by atoms with Crippen LogP contribution in [0.2, 0.25) is 0 Å². The molecular weight excluding hydrogens is 405 g/mol. The molecule has 2 N–H and O–H groups in total. The van der Waals surface area contributed by atoms with Crippen LogP contribution in [0, 0.1) is 12.7 Å². The monoisotopic (exact) mass is 433 g/mol. The van der Waals surface area contributed by atoms with Crippen LogP contribution in [0.25, 0.3) is 11.8 Å². The van der Waals surface area contributed by atoms with Crippen molar-refractivity contribution in [3.8, 4) is 11.4 Å². The Morgan fingerprint density at radius 3 is 2.84 bits per heavy atom. The molecule has 0 saturated carbocycles. The van der Waals surface area contributed by atoms with Crippen LogP contribution < -0.4 is 15.4 Å². The van der Waals surface area contributed by atoms with Crippen molar-refractivity contribution in [3.63, 3.8) is 0 Å². The molecule has 1 aliphatic heterocycles. The molecule has 0 bridgehead atoms. The molecule has 32 heavy (non-hydrogen) atoms. The van der Waals surface area contributed by atoms with Crippen molar-refractivity contribution in [2.45, 2.75) is 19.8 Å². The highest BCUT2D eigenvalue weighted by Gasteiger charge is 2.13. The molecule has 3 aromatic rings. The highest BCUT2D eigenvalue weighted by molar-refractivity contribution is 6.05. The first kappa shape index (κ1) is 21.8. The molecule has 0 atom stereocenters. The number of aryl methyl sites for hydroxylation is 1. The third-order valence-corrected chi connectivity index (χ3v) is 5.39. The van der Waals surface area contributed by atoms with E-state index >= 15 is 0 Å². The van der Waals surface area contributed by atoms with Crippen LogP contribution in [0.1, 0.15) is 24.1 Å². The second kappa shape index (κ2) is 10.2. The number of methoxy groups -OCH3 is 1. The van der Waals surface area contributed by atoms with Crippen molar-refractivity contribution < 1.29 is 9.13 Å². The van der Waals surface area contributed by atoms with Gasteiger partial charge in [0, 0.05) is 18.4 Å². The Hall–Kier alpha value is -3.45. The largest absolute Gasteiger partial charge is 0.495 e. The van der Waals surface area contributed by atoms with Gasteiger partial charge in [-0.2, -0.15) is 0 Å². The Bertz CT molecular complexity index is 1120. The van der Waals surface area contributed by atoms with Crippen molar-refractivity contribution in [1.29, 1.82) is 0 Å². The number of hydrogen-bond acceptors (Lipinski definition) is 5. The fourth-order valence-electron chi connectivity index (χ4n) is 3.73. The van der Waals surface area contributed by atoms with Gasteiger partial charge in [-0.3, -0.25) is 4.99 Å². The lowest BCUT2D eigenvalue weighted by Crippen LogP contribution is -2.22. The van der Waals surface area contributed by atoms with Crippen LogP contribution in [0.4, 0.5) is 10.1 Å². The first-order valence-corrected chi connectivity index (χ1v) is 10.8. The molecule has 2 heterocycles. The molecule has 0 spiro atoms. The minimum Gasteiger partial charge on any atom is -0.495 e. The van der Waals surface area contributed by atoms with E-state index in [0.717, 1.165) is 60.0 Å². The van der Waals surface area contributed by atoms with Crippen molar-refractivity contribution in [2.24, 2.45) is 4.99 Å². The average molecular weight is 434 g/mol. The Morgan fingerprint density at radius 1 is 1.25 bits per heavy atom. The van der Waals surface area contributed by atoms with E-state index in [0.29, 0.717) is 6.67 Å². The first-order chi connectivity index (χ1) is 15.6. The van der Waals surface area contributed by atoms with E-state index < -0.39 is 0 Å². The number of ether oxygens (including phenoxy) is 1. The predicted molar refractivity (Wildman–Crippen MR) is 127 cm³/mol. The van der Waals surface area contributed by atoms with Crippen molar-refractivity contribution in [2.75, 3.05) is 32.2 Å². The number of hydrogen-bond donors (Lipinski definition) is 2. The summed E-state index contributed by atoms with van der Waals surface area (Å²) in [5.74, 6) is 0.546. The zero-order chi connectivity index (χ0) is 22.3. The fraction of sp³-hybridized carbons (Fsp3) is 0.280. The van der Waals surface area contributed by atoms with Crippen molar-refractivity contribution in [3.05, 3.63) is 77.6 Å². The predicted octanol–water partition coefficient (Wildman–Crippen LogP) is 4.61.